The van der Waals surface area contributed by atoms with Gasteiger partial charge in [0.05, 0.1) is 0 Å². The Morgan fingerprint density at radius 1 is 0.897 bits per heavy atom. The monoisotopic (exact) mass is 385 g/mol. The van der Waals surface area contributed by atoms with Crippen LogP contribution in [-0.2, 0) is 15.1 Å². The fourth-order valence-electron chi connectivity index (χ4n) is 3.35. The fourth-order valence-corrected chi connectivity index (χ4v) is 3.35. The number of aliphatic carboxylic acids is 1. The van der Waals surface area contributed by atoms with Gasteiger partial charge in [0.2, 0.25) is 0 Å². The maximum absolute atomic E-state index is 12.7. The summed E-state index contributed by atoms with van der Waals surface area (Å²) in [5.41, 5.74) is 2.07. The molecule has 0 aromatic heterocycles. The lowest BCUT2D eigenvalue weighted by Gasteiger charge is -2.32. The van der Waals surface area contributed by atoms with E-state index in [-0.39, 0.29) is 5.78 Å². The van der Waals surface area contributed by atoms with E-state index < -0.39 is 17.6 Å². The van der Waals surface area contributed by atoms with Crippen LogP contribution < -0.4 is 5.32 Å². The zero-order valence-corrected chi connectivity index (χ0v) is 16.2. The topological polar surface area (TPSA) is 66.4 Å². The van der Waals surface area contributed by atoms with Crippen LogP contribution in [0.4, 0.5) is 0 Å². The molecule has 0 amide bonds. The van der Waals surface area contributed by atoms with Crippen LogP contribution in [0.15, 0.2) is 97.6 Å². The third-order valence-corrected chi connectivity index (χ3v) is 5.06. The van der Waals surface area contributed by atoms with Crippen LogP contribution >= 0.6 is 0 Å². The van der Waals surface area contributed by atoms with E-state index in [1.165, 1.54) is 6.08 Å². The number of carboxylic acid groups (broad SMARTS) is 1. The molecule has 2 atom stereocenters. The summed E-state index contributed by atoms with van der Waals surface area (Å²) in [6.07, 6.45) is 1.22. The Morgan fingerprint density at radius 2 is 1.41 bits per heavy atom. The highest BCUT2D eigenvalue weighted by Crippen LogP contribution is 2.28. The van der Waals surface area contributed by atoms with Gasteiger partial charge in [-0.25, -0.2) is 0 Å². The van der Waals surface area contributed by atoms with Gasteiger partial charge in [0.15, 0.2) is 5.78 Å². The lowest BCUT2D eigenvalue weighted by Crippen LogP contribution is -2.49. The first-order valence-corrected chi connectivity index (χ1v) is 9.34. The molecule has 0 aliphatic heterocycles. The van der Waals surface area contributed by atoms with E-state index >= 15 is 0 Å². The molecule has 0 saturated carbocycles. The van der Waals surface area contributed by atoms with E-state index in [1.807, 2.05) is 60.7 Å². The minimum Gasteiger partial charge on any atom is -0.480 e. The minimum atomic E-state index is -1.22. The molecule has 0 aliphatic rings. The summed E-state index contributed by atoms with van der Waals surface area (Å²) in [5, 5.41) is 12.9. The number of carbonyl (C=O) groups is 2. The Morgan fingerprint density at radius 3 is 1.93 bits per heavy atom. The summed E-state index contributed by atoms with van der Waals surface area (Å²) in [6.45, 7) is 5.27. The summed E-state index contributed by atoms with van der Waals surface area (Å²) in [5.74, 6) is -1.35. The number of benzene rings is 3. The van der Waals surface area contributed by atoms with Crippen molar-refractivity contribution in [3.05, 3.63) is 109 Å². The summed E-state index contributed by atoms with van der Waals surface area (Å²) >= 11 is 0. The molecule has 4 nitrogen and oxygen atoms in total. The van der Waals surface area contributed by atoms with Gasteiger partial charge >= 0.3 is 5.97 Å². The lowest BCUT2D eigenvalue weighted by molar-refractivity contribution is -0.140. The molecule has 146 valence electrons. The summed E-state index contributed by atoms with van der Waals surface area (Å²) in [6, 6.07) is 25.2. The zero-order chi connectivity index (χ0) is 20.9. The quantitative estimate of drug-likeness (QED) is 0.550. The molecule has 1 unspecified atom stereocenters. The summed E-state index contributed by atoms with van der Waals surface area (Å²) in [7, 11) is 0. The van der Waals surface area contributed by atoms with Gasteiger partial charge in [-0.1, -0.05) is 91.5 Å². The molecule has 0 saturated heterocycles. The van der Waals surface area contributed by atoms with Crippen molar-refractivity contribution < 1.29 is 14.7 Å². The molecule has 3 aromatic rings. The average molecular weight is 385 g/mol. The van der Waals surface area contributed by atoms with E-state index in [4.69, 9.17) is 0 Å². The largest absolute Gasteiger partial charge is 0.480 e. The van der Waals surface area contributed by atoms with Crippen LogP contribution in [0.2, 0.25) is 0 Å². The Hall–Kier alpha value is -3.50. The second-order valence-corrected chi connectivity index (χ2v) is 6.96. The number of carbonyl (C=O) groups excluding carboxylic acids is 1. The van der Waals surface area contributed by atoms with Crippen molar-refractivity contribution in [2.24, 2.45) is 0 Å². The van der Waals surface area contributed by atoms with Crippen LogP contribution in [0, 0.1) is 0 Å². The van der Waals surface area contributed by atoms with Crippen molar-refractivity contribution >= 4 is 11.8 Å². The van der Waals surface area contributed by atoms with Crippen LogP contribution in [0.25, 0.3) is 11.1 Å². The first kappa shape index (κ1) is 20.2. The SMILES string of the molecule is C=CC(=O)C(C)(N[C@H](C(=O)O)c1ccc(-c2ccccc2)cc1)c1ccccc1. The lowest BCUT2D eigenvalue weighted by atomic mass is 9.85. The molecule has 0 fully saturated rings. The molecule has 0 heterocycles. The Balaban J connectivity index is 1.96. The zero-order valence-electron chi connectivity index (χ0n) is 16.2. The first-order chi connectivity index (χ1) is 14.0. The molecule has 0 aliphatic carbocycles. The van der Waals surface area contributed by atoms with E-state index in [2.05, 4.69) is 11.9 Å². The van der Waals surface area contributed by atoms with Crippen molar-refractivity contribution in [3.63, 3.8) is 0 Å². The minimum absolute atomic E-state index is 0.296. The first-order valence-electron chi connectivity index (χ1n) is 9.34. The van der Waals surface area contributed by atoms with Gasteiger partial charge in [0.1, 0.15) is 11.6 Å². The third kappa shape index (κ3) is 4.33. The molecular weight excluding hydrogens is 362 g/mol. The van der Waals surface area contributed by atoms with Crippen molar-refractivity contribution in [1.29, 1.82) is 0 Å². The van der Waals surface area contributed by atoms with Crippen LogP contribution in [0.3, 0.4) is 0 Å². The highest BCUT2D eigenvalue weighted by Gasteiger charge is 2.37. The number of rotatable bonds is 8. The number of ketones is 1. The van der Waals surface area contributed by atoms with Gasteiger partial charge in [-0.2, -0.15) is 0 Å². The van der Waals surface area contributed by atoms with Crippen molar-refractivity contribution in [1.82, 2.24) is 5.32 Å². The van der Waals surface area contributed by atoms with Gasteiger partial charge in [-0.15, -0.1) is 0 Å². The molecule has 3 rings (SSSR count). The number of hydrogen-bond donors (Lipinski definition) is 2. The van der Waals surface area contributed by atoms with Crippen molar-refractivity contribution in [2.75, 3.05) is 0 Å². The van der Waals surface area contributed by atoms with Crippen molar-refractivity contribution in [3.8, 4) is 11.1 Å². The van der Waals surface area contributed by atoms with Crippen molar-refractivity contribution in [2.45, 2.75) is 18.5 Å². The maximum atomic E-state index is 12.7. The van der Waals surface area contributed by atoms with Gasteiger partial charge in [-0.05, 0) is 35.3 Å². The smallest absolute Gasteiger partial charge is 0.325 e. The Labute approximate surface area is 170 Å². The van der Waals surface area contributed by atoms with E-state index in [0.717, 1.165) is 11.1 Å². The Bertz CT molecular complexity index is 997. The maximum Gasteiger partial charge on any atom is 0.325 e. The highest BCUT2D eigenvalue weighted by atomic mass is 16.4. The van der Waals surface area contributed by atoms with Crippen LogP contribution in [0.1, 0.15) is 24.1 Å². The molecule has 0 radical (unpaired) electrons. The van der Waals surface area contributed by atoms with Gasteiger partial charge in [0.25, 0.3) is 0 Å². The van der Waals surface area contributed by atoms with Crippen LogP contribution in [0.5, 0.6) is 0 Å². The van der Waals surface area contributed by atoms with E-state index in [9.17, 15) is 14.7 Å². The predicted molar refractivity (Wildman–Crippen MR) is 114 cm³/mol. The predicted octanol–water partition coefficient (Wildman–Crippen LogP) is 4.74. The highest BCUT2D eigenvalue weighted by molar-refractivity contribution is 5.98. The van der Waals surface area contributed by atoms with Gasteiger partial charge in [0, 0.05) is 0 Å². The summed E-state index contributed by atoms with van der Waals surface area (Å²) < 4.78 is 0. The van der Waals surface area contributed by atoms with E-state index in [1.54, 1.807) is 31.2 Å². The molecular formula is C25H23NO3. The molecule has 2 N–H and O–H groups in total. The molecule has 4 heteroatoms. The molecule has 29 heavy (non-hydrogen) atoms. The molecule has 0 spiro atoms. The van der Waals surface area contributed by atoms with Gasteiger partial charge < -0.3 is 5.11 Å². The van der Waals surface area contributed by atoms with Crippen LogP contribution in [-0.4, -0.2) is 16.9 Å². The fraction of sp³-hybridized carbons (Fsp3) is 0.120. The number of carboxylic acids is 1. The van der Waals surface area contributed by atoms with Gasteiger partial charge in [-0.3, -0.25) is 14.9 Å². The van der Waals surface area contributed by atoms with E-state index in [0.29, 0.717) is 11.1 Å². The Kier molecular flexibility index (Phi) is 6.05. The average Bonchev–Trinajstić information content (AvgIpc) is 2.78. The number of hydrogen-bond acceptors (Lipinski definition) is 3. The second-order valence-electron chi connectivity index (χ2n) is 6.96. The second kappa shape index (κ2) is 8.67. The summed E-state index contributed by atoms with van der Waals surface area (Å²) in [4.78, 5) is 24.8. The molecule has 3 aromatic carbocycles. The third-order valence-electron chi connectivity index (χ3n) is 5.06. The standard InChI is InChI=1S/C25H23NO3/c1-3-22(27)25(2,21-12-8-5-9-13-21)26-23(24(28)29)20-16-14-19(15-17-20)18-10-6-4-7-11-18/h3-17,23,26H,1H2,2H3,(H,28,29)/t23-,25?/m0/s1. The number of nitrogens with one attached hydrogen (secondary N) is 1. The normalized spacial score (nSPS) is 13.8. The molecule has 0 bridgehead atoms.